The Morgan fingerprint density at radius 3 is 2.82 bits per heavy atom. The molecule has 1 aliphatic rings. The Balaban J connectivity index is 1.85. The fraction of sp³-hybridized carbons (Fsp3) is 0.786. The van der Waals surface area contributed by atoms with Gasteiger partial charge < -0.3 is 9.73 Å². The van der Waals surface area contributed by atoms with Crippen molar-refractivity contribution >= 4 is 0 Å². The van der Waals surface area contributed by atoms with E-state index < -0.39 is 0 Å². The Bertz CT molecular complexity index is 327. The summed E-state index contributed by atoms with van der Waals surface area (Å²) in [6.45, 7) is 6.43. The van der Waals surface area contributed by atoms with Gasteiger partial charge in [-0.05, 0) is 25.3 Å². The predicted octanol–water partition coefficient (Wildman–Crippen LogP) is 3.12. The summed E-state index contributed by atoms with van der Waals surface area (Å²) in [4.78, 5) is 4.38. The average molecular weight is 236 g/mol. The Hall–Kier alpha value is -0.830. The molecule has 0 aromatic carbocycles. The minimum absolute atomic E-state index is 0.617. The third-order valence-corrected chi connectivity index (χ3v) is 3.76. The summed E-state index contributed by atoms with van der Waals surface area (Å²) in [5, 5.41) is 3.29. The molecule has 96 valence electrons. The van der Waals surface area contributed by atoms with E-state index >= 15 is 0 Å². The van der Waals surface area contributed by atoms with Crippen LogP contribution in [0.4, 0.5) is 0 Å². The SMILES string of the molecule is CCNCCc1ncc(C2CCC(C)CC2)o1. The largest absolute Gasteiger partial charge is 0.445 e. The number of nitrogens with zero attached hydrogens (tertiary/aromatic N) is 1. The molecule has 0 unspecified atom stereocenters. The van der Waals surface area contributed by atoms with Gasteiger partial charge >= 0.3 is 0 Å². The van der Waals surface area contributed by atoms with Crippen molar-refractivity contribution in [3.63, 3.8) is 0 Å². The van der Waals surface area contributed by atoms with Crippen molar-refractivity contribution in [1.29, 1.82) is 0 Å². The smallest absolute Gasteiger partial charge is 0.195 e. The molecule has 0 bridgehead atoms. The van der Waals surface area contributed by atoms with Crippen LogP contribution in [0.15, 0.2) is 10.6 Å². The first-order chi connectivity index (χ1) is 8.29. The zero-order valence-electron chi connectivity index (χ0n) is 11.0. The highest BCUT2D eigenvalue weighted by atomic mass is 16.4. The summed E-state index contributed by atoms with van der Waals surface area (Å²) in [6, 6.07) is 0. The number of likely N-dealkylation sites (N-methyl/N-ethyl adjacent to an activating group) is 1. The summed E-state index contributed by atoms with van der Waals surface area (Å²) >= 11 is 0. The second kappa shape index (κ2) is 6.20. The highest BCUT2D eigenvalue weighted by molar-refractivity contribution is 5.03. The number of hydrogen-bond acceptors (Lipinski definition) is 3. The molecule has 0 amide bonds. The molecule has 0 radical (unpaired) electrons. The van der Waals surface area contributed by atoms with Crippen LogP contribution in [-0.2, 0) is 6.42 Å². The van der Waals surface area contributed by atoms with Crippen molar-refractivity contribution in [3.05, 3.63) is 17.8 Å². The zero-order chi connectivity index (χ0) is 12.1. The molecule has 1 aliphatic carbocycles. The standard InChI is InChI=1S/C14H24N2O/c1-3-15-9-8-14-16-10-13(17-14)12-6-4-11(2)5-7-12/h10-12,15H,3-9H2,1-2H3. The number of aromatic nitrogens is 1. The van der Waals surface area contributed by atoms with Crippen LogP contribution >= 0.6 is 0 Å². The van der Waals surface area contributed by atoms with Gasteiger partial charge in [-0.15, -0.1) is 0 Å². The van der Waals surface area contributed by atoms with E-state index in [2.05, 4.69) is 24.1 Å². The van der Waals surface area contributed by atoms with Gasteiger partial charge in [-0.25, -0.2) is 4.98 Å². The quantitative estimate of drug-likeness (QED) is 0.798. The summed E-state index contributed by atoms with van der Waals surface area (Å²) in [6.07, 6.45) is 8.04. The van der Waals surface area contributed by atoms with Gasteiger partial charge in [0.15, 0.2) is 5.89 Å². The van der Waals surface area contributed by atoms with Crippen molar-refractivity contribution in [1.82, 2.24) is 10.3 Å². The van der Waals surface area contributed by atoms with Gasteiger partial charge in [0.25, 0.3) is 0 Å². The molecule has 17 heavy (non-hydrogen) atoms. The predicted molar refractivity (Wildman–Crippen MR) is 69.1 cm³/mol. The van der Waals surface area contributed by atoms with Crippen LogP contribution in [0, 0.1) is 5.92 Å². The third kappa shape index (κ3) is 3.56. The van der Waals surface area contributed by atoms with Crippen LogP contribution in [0.5, 0.6) is 0 Å². The van der Waals surface area contributed by atoms with Crippen LogP contribution in [0.2, 0.25) is 0 Å². The minimum atomic E-state index is 0.617. The lowest BCUT2D eigenvalue weighted by molar-refractivity contribution is 0.308. The highest BCUT2D eigenvalue weighted by Crippen LogP contribution is 2.35. The van der Waals surface area contributed by atoms with Gasteiger partial charge in [0, 0.05) is 18.9 Å². The molecule has 3 nitrogen and oxygen atoms in total. The maximum absolute atomic E-state index is 5.85. The van der Waals surface area contributed by atoms with Crippen LogP contribution < -0.4 is 5.32 Å². The summed E-state index contributed by atoms with van der Waals surface area (Å²) < 4.78 is 5.85. The first-order valence-corrected chi connectivity index (χ1v) is 6.95. The van der Waals surface area contributed by atoms with Gasteiger partial charge in [0.05, 0.1) is 6.20 Å². The van der Waals surface area contributed by atoms with Crippen molar-refractivity contribution in [2.75, 3.05) is 13.1 Å². The minimum Gasteiger partial charge on any atom is -0.445 e. The normalized spacial score (nSPS) is 25.1. The van der Waals surface area contributed by atoms with Crippen LogP contribution in [0.3, 0.4) is 0 Å². The Morgan fingerprint density at radius 2 is 2.12 bits per heavy atom. The Morgan fingerprint density at radius 1 is 1.35 bits per heavy atom. The number of oxazole rings is 1. The molecular formula is C14H24N2O. The van der Waals surface area contributed by atoms with E-state index in [-0.39, 0.29) is 0 Å². The second-order valence-corrected chi connectivity index (χ2v) is 5.22. The molecule has 0 saturated heterocycles. The first kappa shape index (κ1) is 12.6. The van der Waals surface area contributed by atoms with Gasteiger partial charge in [0.1, 0.15) is 5.76 Å². The number of nitrogens with one attached hydrogen (secondary N) is 1. The number of rotatable bonds is 5. The summed E-state index contributed by atoms with van der Waals surface area (Å²) in [5.41, 5.74) is 0. The second-order valence-electron chi connectivity index (χ2n) is 5.22. The maximum Gasteiger partial charge on any atom is 0.195 e. The van der Waals surface area contributed by atoms with E-state index in [0.717, 1.165) is 37.1 Å². The molecule has 3 heteroatoms. The molecule has 1 fully saturated rings. The lowest BCUT2D eigenvalue weighted by Crippen LogP contribution is -2.16. The van der Waals surface area contributed by atoms with Gasteiger partial charge in [-0.1, -0.05) is 26.7 Å². The molecule has 0 atom stereocenters. The van der Waals surface area contributed by atoms with Crippen LogP contribution in [0.25, 0.3) is 0 Å². The fourth-order valence-electron chi connectivity index (χ4n) is 2.55. The van der Waals surface area contributed by atoms with Crippen molar-refractivity contribution in [2.24, 2.45) is 5.92 Å². The number of hydrogen-bond donors (Lipinski definition) is 1. The summed E-state index contributed by atoms with van der Waals surface area (Å²) in [5.74, 6) is 3.51. The van der Waals surface area contributed by atoms with Crippen LogP contribution in [0.1, 0.15) is 57.1 Å². The lowest BCUT2D eigenvalue weighted by Gasteiger charge is -2.24. The van der Waals surface area contributed by atoms with Crippen molar-refractivity contribution < 1.29 is 4.42 Å². The van der Waals surface area contributed by atoms with Gasteiger partial charge in [-0.2, -0.15) is 0 Å². The Kier molecular flexibility index (Phi) is 4.60. The zero-order valence-corrected chi connectivity index (χ0v) is 11.0. The van der Waals surface area contributed by atoms with E-state index in [0.29, 0.717) is 5.92 Å². The molecule has 2 rings (SSSR count). The third-order valence-electron chi connectivity index (χ3n) is 3.76. The monoisotopic (exact) mass is 236 g/mol. The molecular weight excluding hydrogens is 212 g/mol. The van der Waals surface area contributed by atoms with E-state index in [1.54, 1.807) is 0 Å². The molecule has 0 aliphatic heterocycles. The van der Waals surface area contributed by atoms with E-state index in [1.807, 2.05) is 6.20 Å². The first-order valence-electron chi connectivity index (χ1n) is 6.95. The fourth-order valence-corrected chi connectivity index (χ4v) is 2.55. The highest BCUT2D eigenvalue weighted by Gasteiger charge is 2.22. The molecule has 1 aromatic heterocycles. The molecule has 1 N–H and O–H groups in total. The van der Waals surface area contributed by atoms with E-state index in [4.69, 9.17) is 4.42 Å². The van der Waals surface area contributed by atoms with Crippen LogP contribution in [-0.4, -0.2) is 18.1 Å². The van der Waals surface area contributed by atoms with E-state index in [1.165, 1.54) is 25.7 Å². The lowest BCUT2D eigenvalue weighted by atomic mass is 9.82. The molecule has 0 spiro atoms. The van der Waals surface area contributed by atoms with Crippen molar-refractivity contribution in [2.45, 2.75) is 51.9 Å². The van der Waals surface area contributed by atoms with Gasteiger partial charge in [-0.3, -0.25) is 0 Å². The molecule has 1 saturated carbocycles. The topological polar surface area (TPSA) is 38.1 Å². The molecule has 1 heterocycles. The Labute approximate surface area is 104 Å². The van der Waals surface area contributed by atoms with Gasteiger partial charge in [0.2, 0.25) is 0 Å². The molecule has 1 aromatic rings. The van der Waals surface area contributed by atoms with E-state index in [9.17, 15) is 0 Å². The van der Waals surface area contributed by atoms with Crippen molar-refractivity contribution in [3.8, 4) is 0 Å². The maximum atomic E-state index is 5.85. The average Bonchev–Trinajstić information content (AvgIpc) is 2.79. The summed E-state index contributed by atoms with van der Waals surface area (Å²) in [7, 11) is 0.